The van der Waals surface area contributed by atoms with Gasteiger partial charge in [0.1, 0.15) is 6.61 Å². The number of carboxylic acid groups (broad SMARTS) is 1. The second-order valence-electron chi connectivity index (χ2n) is 8.00. The third-order valence-corrected chi connectivity index (χ3v) is 5.91. The van der Waals surface area contributed by atoms with E-state index in [4.69, 9.17) is 21.1 Å². The molecule has 0 saturated carbocycles. The van der Waals surface area contributed by atoms with Crippen molar-refractivity contribution >= 4 is 35.3 Å². The zero-order valence-corrected chi connectivity index (χ0v) is 19.5. The van der Waals surface area contributed by atoms with E-state index in [2.05, 4.69) is 10.6 Å². The number of anilines is 1. The fourth-order valence-corrected chi connectivity index (χ4v) is 4.36. The van der Waals surface area contributed by atoms with Gasteiger partial charge in [0.2, 0.25) is 0 Å². The molecule has 1 aliphatic carbocycles. The molecule has 4 rings (SSSR count). The van der Waals surface area contributed by atoms with Crippen LogP contribution in [0.15, 0.2) is 66.7 Å². The van der Waals surface area contributed by atoms with Gasteiger partial charge in [-0.25, -0.2) is 9.59 Å². The van der Waals surface area contributed by atoms with Crippen LogP contribution in [0.3, 0.4) is 0 Å². The van der Waals surface area contributed by atoms with E-state index in [9.17, 15) is 19.5 Å². The Morgan fingerprint density at radius 1 is 1.00 bits per heavy atom. The van der Waals surface area contributed by atoms with Crippen molar-refractivity contribution in [1.29, 1.82) is 0 Å². The predicted octanol–water partition coefficient (Wildman–Crippen LogP) is 4.53. The summed E-state index contributed by atoms with van der Waals surface area (Å²) in [5.41, 5.74) is 4.73. The van der Waals surface area contributed by atoms with E-state index in [1.165, 1.54) is 25.3 Å². The second kappa shape index (κ2) is 10.6. The lowest BCUT2D eigenvalue weighted by molar-refractivity contribution is -0.140. The lowest BCUT2D eigenvalue weighted by atomic mass is 9.98. The molecule has 1 unspecified atom stereocenters. The minimum atomic E-state index is -1.24. The number of carbonyl (C=O) groups is 3. The molecule has 180 valence electrons. The SMILES string of the molecule is COCC(NC(=O)c1cc(Cl)cc(NC(=O)OCC2c3ccccc3-c3ccccc32)c1)C(=O)O. The van der Waals surface area contributed by atoms with Gasteiger partial charge in [0.25, 0.3) is 5.91 Å². The number of methoxy groups -OCH3 is 1. The lowest BCUT2D eigenvalue weighted by Crippen LogP contribution is -2.43. The molecule has 2 amide bonds. The Bertz CT molecular complexity index is 1230. The van der Waals surface area contributed by atoms with Crippen LogP contribution in [0.25, 0.3) is 11.1 Å². The van der Waals surface area contributed by atoms with E-state index >= 15 is 0 Å². The Morgan fingerprint density at radius 3 is 2.23 bits per heavy atom. The van der Waals surface area contributed by atoms with Gasteiger partial charge in [-0.15, -0.1) is 0 Å². The molecule has 9 heteroatoms. The monoisotopic (exact) mass is 494 g/mol. The highest BCUT2D eigenvalue weighted by Crippen LogP contribution is 2.44. The summed E-state index contributed by atoms with van der Waals surface area (Å²) in [5.74, 6) is -2.01. The Morgan fingerprint density at radius 2 is 1.63 bits per heavy atom. The summed E-state index contributed by atoms with van der Waals surface area (Å²) < 4.78 is 10.3. The molecule has 0 bridgehead atoms. The Balaban J connectivity index is 1.43. The standard InChI is InChI=1S/C26H23ClN2O6/c1-34-14-23(25(31)32)29-24(30)15-10-16(27)12-17(11-15)28-26(33)35-13-22-20-8-4-2-6-18(20)19-7-3-5-9-21(19)22/h2-12,22-23H,13-14H2,1H3,(H,28,33)(H,29,30)(H,31,32). The number of hydrogen-bond donors (Lipinski definition) is 3. The molecule has 0 saturated heterocycles. The second-order valence-corrected chi connectivity index (χ2v) is 8.44. The number of amides is 2. The van der Waals surface area contributed by atoms with Gasteiger partial charge in [0.05, 0.1) is 6.61 Å². The highest BCUT2D eigenvalue weighted by molar-refractivity contribution is 6.31. The average Bonchev–Trinajstić information content (AvgIpc) is 3.15. The topological polar surface area (TPSA) is 114 Å². The van der Waals surface area contributed by atoms with Crippen LogP contribution in [0.2, 0.25) is 5.02 Å². The molecule has 0 heterocycles. The highest BCUT2D eigenvalue weighted by atomic mass is 35.5. The molecule has 3 aromatic carbocycles. The van der Waals surface area contributed by atoms with Crippen LogP contribution in [-0.4, -0.2) is 49.4 Å². The van der Waals surface area contributed by atoms with Gasteiger partial charge >= 0.3 is 12.1 Å². The Labute approximate surface area is 206 Å². The summed E-state index contributed by atoms with van der Waals surface area (Å²) in [5, 5.41) is 14.3. The number of carbonyl (C=O) groups excluding carboxylic acids is 2. The van der Waals surface area contributed by atoms with Crippen LogP contribution in [0.1, 0.15) is 27.4 Å². The largest absolute Gasteiger partial charge is 0.480 e. The predicted molar refractivity (Wildman–Crippen MR) is 131 cm³/mol. The first kappa shape index (κ1) is 24.3. The summed E-state index contributed by atoms with van der Waals surface area (Å²) in [4.78, 5) is 36.4. The minimum absolute atomic E-state index is 0.0776. The summed E-state index contributed by atoms with van der Waals surface area (Å²) in [6.45, 7) is -0.0719. The van der Waals surface area contributed by atoms with Crippen molar-refractivity contribution in [3.8, 4) is 11.1 Å². The zero-order chi connectivity index (χ0) is 24.9. The summed E-state index contributed by atoms with van der Waals surface area (Å²) in [7, 11) is 1.33. The number of aliphatic carboxylic acids is 1. The van der Waals surface area contributed by atoms with E-state index < -0.39 is 24.0 Å². The van der Waals surface area contributed by atoms with Crippen molar-refractivity contribution in [3.05, 3.63) is 88.4 Å². The lowest BCUT2D eigenvalue weighted by Gasteiger charge is -2.16. The number of rotatable bonds is 8. The quantitative estimate of drug-likeness (QED) is 0.424. The number of ether oxygens (including phenoxy) is 2. The minimum Gasteiger partial charge on any atom is -0.480 e. The normalized spacial score (nSPS) is 12.9. The van der Waals surface area contributed by atoms with Crippen LogP contribution in [-0.2, 0) is 14.3 Å². The highest BCUT2D eigenvalue weighted by Gasteiger charge is 2.29. The molecular formula is C26H23ClN2O6. The number of halogens is 1. The van der Waals surface area contributed by atoms with E-state index in [-0.39, 0.29) is 35.4 Å². The maximum Gasteiger partial charge on any atom is 0.411 e. The molecule has 0 fully saturated rings. The smallest absolute Gasteiger partial charge is 0.411 e. The van der Waals surface area contributed by atoms with E-state index in [1.54, 1.807) is 0 Å². The van der Waals surface area contributed by atoms with Crippen LogP contribution in [0.5, 0.6) is 0 Å². The fourth-order valence-electron chi connectivity index (χ4n) is 4.13. The molecule has 3 aromatic rings. The molecular weight excluding hydrogens is 472 g/mol. The van der Waals surface area contributed by atoms with Crippen LogP contribution in [0, 0.1) is 0 Å². The van der Waals surface area contributed by atoms with Crippen molar-refractivity contribution in [2.45, 2.75) is 12.0 Å². The molecule has 0 spiro atoms. The van der Waals surface area contributed by atoms with Crippen LogP contribution in [0.4, 0.5) is 10.5 Å². The molecule has 0 radical (unpaired) electrons. The average molecular weight is 495 g/mol. The molecule has 3 N–H and O–H groups in total. The summed E-state index contributed by atoms with van der Waals surface area (Å²) >= 11 is 6.12. The maximum absolute atomic E-state index is 12.6. The molecule has 0 aliphatic heterocycles. The van der Waals surface area contributed by atoms with Gasteiger partial charge in [-0.3, -0.25) is 10.1 Å². The number of nitrogens with one attached hydrogen (secondary N) is 2. The molecule has 1 aliphatic rings. The van der Waals surface area contributed by atoms with Gasteiger partial charge in [0, 0.05) is 29.3 Å². The molecule has 0 aromatic heterocycles. The third kappa shape index (κ3) is 5.45. The first-order valence-corrected chi connectivity index (χ1v) is 11.2. The first-order chi connectivity index (χ1) is 16.9. The number of fused-ring (bicyclic) bond motifs is 3. The summed E-state index contributed by atoms with van der Waals surface area (Å²) in [6.07, 6.45) is -0.705. The van der Waals surface area contributed by atoms with E-state index in [0.717, 1.165) is 22.3 Å². The maximum atomic E-state index is 12.6. The van der Waals surface area contributed by atoms with Crippen molar-refractivity contribution < 1.29 is 29.0 Å². The fraction of sp³-hybridized carbons (Fsp3) is 0.192. The van der Waals surface area contributed by atoms with Crippen LogP contribution >= 0.6 is 11.6 Å². The van der Waals surface area contributed by atoms with E-state index in [0.29, 0.717) is 0 Å². The van der Waals surface area contributed by atoms with Crippen LogP contribution < -0.4 is 10.6 Å². The number of benzene rings is 3. The van der Waals surface area contributed by atoms with Crippen molar-refractivity contribution in [1.82, 2.24) is 5.32 Å². The van der Waals surface area contributed by atoms with Gasteiger partial charge in [-0.1, -0.05) is 60.1 Å². The Hall–Kier alpha value is -3.88. The summed E-state index contributed by atoms with van der Waals surface area (Å²) in [6, 6.07) is 19.0. The van der Waals surface area contributed by atoms with Gasteiger partial charge < -0.3 is 19.9 Å². The number of carboxylic acids is 1. The molecule has 35 heavy (non-hydrogen) atoms. The third-order valence-electron chi connectivity index (χ3n) is 5.69. The molecule has 1 atom stereocenters. The van der Waals surface area contributed by atoms with Crippen molar-refractivity contribution in [2.24, 2.45) is 0 Å². The van der Waals surface area contributed by atoms with Gasteiger partial charge in [-0.2, -0.15) is 0 Å². The van der Waals surface area contributed by atoms with Crippen molar-refractivity contribution in [3.63, 3.8) is 0 Å². The van der Waals surface area contributed by atoms with Gasteiger partial charge in [0.15, 0.2) is 6.04 Å². The first-order valence-electron chi connectivity index (χ1n) is 10.8. The Kier molecular flexibility index (Phi) is 7.33. The van der Waals surface area contributed by atoms with Crippen molar-refractivity contribution in [2.75, 3.05) is 25.6 Å². The number of hydrogen-bond acceptors (Lipinski definition) is 5. The zero-order valence-electron chi connectivity index (χ0n) is 18.8. The van der Waals surface area contributed by atoms with Gasteiger partial charge in [-0.05, 0) is 40.5 Å². The molecule has 8 nitrogen and oxygen atoms in total. The van der Waals surface area contributed by atoms with E-state index in [1.807, 2.05) is 48.5 Å².